The van der Waals surface area contributed by atoms with Crippen LogP contribution in [-0.4, -0.2) is 25.0 Å². The fourth-order valence-electron chi connectivity index (χ4n) is 1.36. The number of ether oxygens (including phenoxy) is 1. The lowest BCUT2D eigenvalue weighted by Gasteiger charge is -2.38. The number of hydrogen-bond donors (Lipinski definition) is 1. The molecule has 0 spiro atoms. The van der Waals surface area contributed by atoms with E-state index < -0.39 is 11.0 Å². The molecule has 1 unspecified atom stereocenters. The number of rotatable bonds is 6. The molecule has 15 heavy (non-hydrogen) atoms. The molecule has 90 valence electrons. The molecule has 0 saturated heterocycles. The van der Waals surface area contributed by atoms with Gasteiger partial charge in [0, 0.05) is 30.6 Å². The number of Topliss-reactive ketones (excluding diaryl/α,β-unsaturated/α-hetero) is 1. The largest absolute Gasteiger partial charge is 0.385 e. The van der Waals surface area contributed by atoms with Crippen LogP contribution in [0.5, 0.6) is 0 Å². The zero-order valence-corrected chi connectivity index (χ0v) is 10.9. The first-order valence-electron chi connectivity index (χ1n) is 5.46. The van der Waals surface area contributed by atoms with Crippen LogP contribution in [0.1, 0.15) is 41.0 Å². The maximum Gasteiger partial charge on any atom is 0.143 e. The van der Waals surface area contributed by atoms with Crippen LogP contribution in [0.25, 0.3) is 0 Å². The quantitative estimate of drug-likeness (QED) is 0.737. The predicted octanol–water partition coefficient (Wildman–Crippen LogP) is 1.99. The number of carbonyl (C=O) groups excluding carboxylic acids is 1. The average molecular weight is 215 g/mol. The van der Waals surface area contributed by atoms with Crippen LogP contribution >= 0.6 is 0 Å². The van der Waals surface area contributed by atoms with E-state index in [4.69, 9.17) is 10.5 Å². The minimum absolute atomic E-state index is 0.00257. The van der Waals surface area contributed by atoms with Crippen LogP contribution in [0.4, 0.5) is 0 Å². The Kier molecular flexibility index (Phi) is 4.94. The first-order valence-corrected chi connectivity index (χ1v) is 5.46. The van der Waals surface area contributed by atoms with Gasteiger partial charge in [0.05, 0.1) is 0 Å². The van der Waals surface area contributed by atoms with E-state index in [1.807, 2.05) is 34.6 Å². The molecule has 0 aromatic heterocycles. The van der Waals surface area contributed by atoms with Crippen LogP contribution in [-0.2, 0) is 9.53 Å². The first-order chi connectivity index (χ1) is 6.64. The highest BCUT2D eigenvalue weighted by Gasteiger charge is 2.41. The number of nitrogens with two attached hydrogens (primary N) is 1. The van der Waals surface area contributed by atoms with E-state index in [0.29, 0.717) is 6.61 Å². The van der Waals surface area contributed by atoms with E-state index in [1.165, 1.54) is 0 Å². The van der Waals surface area contributed by atoms with Crippen molar-refractivity contribution in [3.05, 3.63) is 0 Å². The van der Waals surface area contributed by atoms with E-state index in [-0.39, 0.29) is 11.7 Å². The Morgan fingerprint density at radius 1 is 1.33 bits per heavy atom. The molecule has 0 aliphatic rings. The highest BCUT2D eigenvalue weighted by atomic mass is 16.5. The fourth-order valence-corrected chi connectivity index (χ4v) is 1.36. The third kappa shape index (κ3) is 3.58. The van der Waals surface area contributed by atoms with E-state index in [1.54, 1.807) is 7.11 Å². The average Bonchev–Trinajstić information content (AvgIpc) is 2.10. The van der Waals surface area contributed by atoms with Crippen molar-refractivity contribution in [1.82, 2.24) is 0 Å². The number of methoxy groups -OCH3 is 1. The molecule has 0 bridgehead atoms. The van der Waals surface area contributed by atoms with Gasteiger partial charge in [-0.25, -0.2) is 0 Å². The third-order valence-corrected chi connectivity index (χ3v) is 3.43. The lowest BCUT2D eigenvalue weighted by atomic mass is 9.68. The normalized spacial score (nSPS) is 15.1. The maximum atomic E-state index is 12.2. The topological polar surface area (TPSA) is 52.3 Å². The van der Waals surface area contributed by atoms with Gasteiger partial charge in [0.15, 0.2) is 0 Å². The molecule has 0 radical (unpaired) electrons. The Balaban J connectivity index is 4.56. The van der Waals surface area contributed by atoms with Crippen LogP contribution in [0, 0.1) is 11.3 Å². The van der Waals surface area contributed by atoms with Gasteiger partial charge in [0.25, 0.3) is 0 Å². The molecule has 0 aliphatic carbocycles. The van der Waals surface area contributed by atoms with Gasteiger partial charge in [0.2, 0.25) is 0 Å². The molecule has 0 saturated carbocycles. The first kappa shape index (κ1) is 14.6. The lowest BCUT2D eigenvalue weighted by molar-refractivity contribution is -0.134. The van der Waals surface area contributed by atoms with Gasteiger partial charge in [-0.05, 0) is 20.3 Å². The monoisotopic (exact) mass is 215 g/mol. The van der Waals surface area contributed by atoms with E-state index >= 15 is 0 Å². The Morgan fingerprint density at radius 3 is 2.13 bits per heavy atom. The van der Waals surface area contributed by atoms with Gasteiger partial charge in [-0.3, -0.25) is 4.79 Å². The van der Waals surface area contributed by atoms with Crippen molar-refractivity contribution >= 4 is 5.78 Å². The summed E-state index contributed by atoms with van der Waals surface area (Å²) in [4.78, 5) is 12.2. The molecule has 1 atom stereocenters. The summed E-state index contributed by atoms with van der Waals surface area (Å²) >= 11 is 0. The fraction of sp³-hybridized carbons (Fsp3) is 0.917. The van der Waals surface area contributed by atoms with Crippen LogP contribution in [0.2, 0.25) is 0 Å². The summed E-state index contributed by atoms with van der Waals surface area (Å²) in [5.74, 6) is 0.217. The van der Waals surface area contributed by atoms with Crippen molar-refractivity contribution in [1.29, 1.82) is 0 Å². The van der Waals surface area contributed by atoms with Crippen LogP contribution in [0.15, 0.2) is 0 Å². The highest BCUT2D eigenvalue weighted by molar-refractivity contribution is 5.87. The summed E-state index contributed by atoms with van der Waals surface area (Å²) in [7, 11) is 1.65. The maximum absolute atomic E-state index is 12.2. The molecule has 0 aromatic carbocycles. The minimum Gasteiger partial charge on any atom is -0.385 e. The molecule has 0 fully saturated rings. The Hall–Kier alpha value is -0.410. The molecule has 3 nitrogen and oxygen atoms in total. The molecular formula is C12H25NO2. The van der Waals surface area contributed by atoms with Gasteiger partial charge in [-0.1, -0.05) is 20.8 Å². The van der Waals surface area contributed by atoms with Crippen molar-refractivity contribution in [3.63, 3.8) is 0 Å². The molecule has 3 heteroatoms. The summed E-state index contributed by atoms with van der Waals surface area (Å²) in [6.07, 6.45) is 0.759. The van der Waals surface area contributed by atoms with Crippen molar-refractivity contribution in [2.75, 3.05) is 13.7 Å². The Morgan fingerprint density at radius 2 is 1.80 bits per heavy atom. The third-order valence-electron chi connectivity index (χ3n) is 3.43. The standard InChI is InChI=1S/C12H25NO2/c1-9(7-8-15-6)10(14)11(2,3)12(4,5)13/h9H,7-8,13H2,1-6H3. The summed E-state index contributed by atoms with van der Waals surface area (Å²) in [6.45, 7) is 10.2. The zero-order valence-electron chi connectivity index (χ0n) is 10.9. The smallest absolute Gasteiger partial charge is 0.143 e. The number of ketones is 1. The molecule has 0 aliphatic heterocycles. The van der Waals surface area contributed by atoms with E-state index in [0.717, 1.165) is 6.42 Å². The second-order valence-corrected chi connectivity index (χ2v) is 5.39. The van der Waals surface area contributed by atoms with Gasteiger partial charge in [-0.2, -0.15) is 0 Å². The number of carbonyl (C=O) groups is 1. The molecule has 0 amide bonds. The Bertz CT molecular complexity index is 216. The lowest BCUT2D eigenvalue weighted by Crippen LogP contribution is -2.53. The van der Waals surface area contributed by atoms with Crippen molar-refractivity contribution < 1.29 is 9.53 Å². The molecule has 0 heterocycles. The van der Waals surface area contributed by atoms with E-state index in [2.05, 4.69) is 0 Å². The summed E-state index contributed by atoms with van der Waals surface area (Å²) in [5.41, 5.74) is 5.03. The van der Waals surface area contributed by atoms with Crippen LogP contribution in [0.3, 0.4) is 0 Å². The molecule has 0 rings (SSSR count). The highest BCUT2D eigenvalue weighted by Crippen LogP contribution is 2.32. The SMILES string of the molecule is COCCC(C)C(=O)C(C)(C)C(C)(C)N. The molecule has 0 aromatic rings. The van der Waals surface area contributed by atoms with Gasteiger partial charge >= 0.3 is 0 Å². The summed E-state index contributed by atoms with van der Waals surface area (Å²) < 4.78 is 4.98. The Labute approximate surface area is 93.4 Å². The zero-order chi connectivity index (χ0) is 12.3. The molecule has 2 N–H and O–H groups in total. The van der Waals surface area contributed by atoms with Crippen LogP contribution < -0.4 is 5.73 Å². The van der Waals surface area contributed by atoms with Crippen molar-refractivity contribution in [3.8, 4) is 0 Å². The summed E-state index contributed by atoms with van der Waals surface area (Å²) in [6, 6.07) is 0. The van der Waals surface area contributed by atoms with Crippen molar-refractivity contribution in [2.45, 2.75) is 46.6 Å². The number of hydrogen-bond acceptors (Lipinski definition) is 3. The summed E-state index contributed by atoms with van der Waals surface area (Å²) in [5, 5.41) is 0. The second-order valence-electron chi connectivity index (χ2n) is 5.39. The predicted molar refractivity (Wildman–Crippen MR) is 62.7 cm³/mol. The van der Waals surface area contributed by atoms with Gasteiger partial charge in [0.1, 0.15) is 5.78 Å². The second kappa shape index (κ2) is 5.08. The van der Waals surface area contributed by atoms with Gasteiger partial charge < -0.3 is 10.5 Å². The minimum atomic E-state index is -0.500. The molecular weight excluding hydrogens is 190 g/mol. The van der Waals surface area contributed by atoms with E-state index in [9.17, 15) is 4.79 Å². The van der Waals surface area contributed by atoms with Gasteiger partial charge in [-0.15, -0.1) is 0 Å². The van der Waals surface area contributed by atoms with Crippen molar-refractivity contribution in [2.24, 2.45) is 17.1 Å².